The summed E-state index contributed by atoms with van der Waals surface area (Å²) in [6.07, 6.45) is 1.65. The van der Waals surface area contributed by atoms with E-state index in [-0.39, 0.29) is 5.92 Å². The van der Waals surface area contributed by atoms with Crippen molar-refractivity contribution in [3.63, 3.8) is 0 Å². The molecule has 1 fully saturated rings. The second-order valence-electron chi connectivity index (χ2n) is 7.56. The van der Waals surface area contributed by atoms with Crippen LogP contribution in [0.15, 0.2) is 47.6 Å². The predicted molar refractivity (Wildman–Crippen MR) is 115 cm³/mol. The highest BCUT2D eigenvalue weighted by Crippen LogP contribution is 2.24. The van der Waals surface area contributed by atoms with Gasteiger partial charge in [-0.1, -0.05) is 0 Å². The number of fused-ring (bicyclic) bond motifs is 1. The minimum absolute atomic E-state index is 0.294. The van der Waals surface area contributed by atoms with Gasteiger partial charge in [0.05, 0.1) is 22.6 Å². The predicted octanol–water partition coefficient (Wildman–Crippen LogP) is 2.33. The summed E-state index contributed by atoms with van der Waals surface area (Å²) in [6.45, 7) is 1.44. The van der Waals surface area contributed by atoms with E-state index >= 15 is 0 Å². The van der Waals surface area contributed by atoms with Crippen LogP contribution >= 0.6 is 0 Å². The number of carboxylic acid groups (broad SMARTS) is 1. The van der Waals surface area contributed by atoms with Gasteiger partial charge in [0.2, 0.25) is 5.62 Å². The van der Waals surface area contributed by atoms with Crippen molar-refractivity contribution in [2.75, 3.05) is 29.1 Å². The lowest BCUT2D eigenvalue weighted by Gasteiger charge is -2.32. The van der Waals surface area contributed by atoms with Crippen molar-refractivity contribution in [2.24, 2.45) is 25.1 Å². The quantitative estimate of drug-likeness (QED) is 0.466. The van der Waals surface area contributed by atoms with Crippen LogP contribution in [-0.4, -0.2) is 33.3 Å². The number of piperidine rings is 1. The van der Waals surface area contributed by atoms with Crippen LogP contribution in [0.4, 0.5) is 17.1 Å². The molecule has 1 unspecified atom stereocenters. The largest absolute Gasteiger partial charge is 0.481 e. The second kappa shape index (κ2) is 7.54. The molecule has 8 nitrogen and oxygen atoms in total. The van der Waals surface area contributed by atoms with E-state index in [0.29, 0.717) is 6.54 Å². The lowest BCUT2D eigenvalue weighted by Crippen LogP contribution is -2.38. The van der Waals surface area contributed by atoms with Gasteiger partial charge in [0.15, 0.2) is 0 Å². The topological polar surface area (TPSA) is 101 Å². The van der Waals surface area contributed by atoms with E-state index in [0.717, 1.165) is 53.1 Å². The molecule has 29 heavy (non-hydrogen) atoms. The lowest BCUT2D eigenvalue weighted by atomic mass is 9.98. The van der Waals surface area contributed by atoms with Crippen molar-refractivity contribution in [2.45, 2.75) is 12.8 Å². The van der Waals surface area contributed by atoms with E-state index in [1.165, 1.54) is 0 Å². The fraction of sp³-hybridized carbons (Fsp3) is 0.333. The summed E-state index contributed by atoms with van der Waals surface area (Å²) in [5.74, 6) is -1.01. The van der Waals surface area contributed by atoms with Crippen LogP contribution in [-0.2, 0) is 18.9 Å². The number of hydrogen-bond acceptors (Lipinski definition) is 5. The van der Waals surface area contributed by atoms with Crippen molar-refractivity contribution in [1.82, 2.24) is 9.13 Å². The Morgan fingerprint density at radius 3 is 2.59 bits per heavy atom. The van der Waals surface area contributed by atoms with E-state index in [2.05, 4.69) is 15.4 Å². The average molecular weight is 394 g/mol. The molecule has 0 amide bonds. The highest BCUT2D eigenvalue weighted by Gasteiger charge is 2.25. The average Bonchev–Trinajstić information content (AvgIpc) is 2.96. The molecule has 0 radical (unpaired) electrons. The van der Waals surface area contributed by atoms with Crippen LogP contribution in [0.5, 0.6) is 0 Å². The van der Waals surface area contributed by atoms with Crippen LogP contribution in [0.2, 0.25) is 0 Å². The molecule has 0 aliphatic carbocycles. The molecule has 1 aliphatic rings. The summed E-state index contributed by atoms with van der Waals surface area (Å²) < 4.78 is 4.00. The van der Waals surface area contributed by atoms with Crippen LogP contribution in [0.25, 0.3) is 11.0 Å². The summed E-state index contributed by atoms with van der Waals surface area (Å²) in [7, 11) is 3.93. The summed E-state index contributed by atoms with van der Waals surface area (Å²) in [4.78, 5) is 13.4. The highest BCUT2D eigenvalue weighted by atomic mass is 16.4. The first-order valence-electron chi connectivity index (χ1n) is 9.72. The van der Waals surface area contributed by atoms with E-state index < -0.39 is 5.97 Å². The molecule has 1 saturated heterocycles. The smallest absolute Gasteiger partial charge is 0.308 e. The third-order valence-electron chi connectivity index (χ3n) is 5.61. The zero-order valence-corrected chi connectivity index (χ0v) is 16.7. The Bertz CT molecular complexity index is 1110. The first-order valence-corrected chi connectivity index (χ1v) is 9.72. The number of nitrogen functional groups attached to an aromatic ring is 1. The minimum Gasteiger partial charge on any atom is -0.481 e. The maximum absolute atomic E-state index is 11.3. The Balaban J connectivity index is 1.54. The number of nitrogens with one attached hydrogen (secondary N) is 1. The van der Waals surface area contributed by atoms with Gasteiger partial charge in [0.1, 0.15) is 0 Å². The third-order valence-corrected chi connectivity index (χ3v) is 5.61. The van der Waals surface area contributed by atoms with Gasteiger partial charge in [-0.25, -0.2) is 0 Å². The molecule has 2 aromatic carbocycles. The van der Waals surface area contributed by atoms with Gasteiger partial charge >= 0.3 is 5.97 Å². The molecular weight excluding hydrogens is 368 g/mol. The van der Waals surface area contributed by atoms with Gasteiger partial charge in [-0.15, -0.1) is 5.10 Å². The normalized spacial score (nSPS) is 17.7. The number of hydrogen-bond donors (Lipinski definition) is 3. The molecule has 1 aromatic heterocycles. The molecule has 0 saturated carbocycles. The zero-order valence-electron chi connectivity index (χ0n) is 16.7. The Kier molecular flexibility index (Phi) is 4.92. The van der Waals surface area contributed by atoms with Crippen LogP contribution in [0.1, 0.15) is 12.8 Å². The molecule has 1 atom stereocenters. The second-order valence-corrected chi connectivity index (χ2v) is 7.56. The molecule has 2 heterocycles. The van der Waals surface area contributed by atoms with Crippen molar-refractivity contribution in [3.05, 3.63) is 48.1 Å². The number of aliphatic carboxylic acids is 1. The van der Waals surface area contributed by atoms with Crippen molar-refractivity contribution < 1.29 is 9.90 Å². The highest BCUT2D eigenvalue weighted by molar-refractivity contribution is 5.79. The summed E-state index contributed by atoms with van der Waals surface area (Å²) in [5.41, 5.74) is 14.5. The molecule has 1 aliphatic heterocycles. The lowest BCUT2D eigenvalue weighted by molar-refractivity contribution is -0.141. The summed E-state index contributed by atoms with van der Waals surface area (Å²) in [5, 5.41) is 13.8. The summed E-state index contributed by atoms with van der Waals surface area (Å²) in [6, 6.07) is 13.7. The maximum atomic E-state index is 11.3. The Morgan fingerprint density at radius 1 is 1.14 bits per heavy atom. The molecule has 4 N–H and O–H groups in total. The number of aromatic nitrogens is 2. The number of benzene rings is 2. The van der Waals surface area contributed by atoms with Gasteiger partial charge in [0.25, 0.3) is 0 Å². The van der Waals surface area contributed by atoms with Crippen LogP contribution in [0, 0.1) is 5.92 Å². The number of nitrogens with zero attached hydrogens (tertiary/aromatic N) is 4. The summed E-state index contributed by atoms with van der Waals surface area (Å²) >= 11 is 0. The van der Waals surface area contributed by atoms with Gasteiger partial charge in [-0.3, -0.25) is 10.2 Å². The van der Waals surface area contributed by atoms with E-state index in [9.17, 15) is 9.90 Å². The molecule has 3 aromatic rings. The molecule has 8 heteroatoms. The zero-order chi connectivity index (χ0) is 20.5. The van der Waals surface area contributed by atoms with E-state index in [1.54, 1.807) is 0 Å². The first kappa shape index (κ1) is 18.9. The minimum atomic E-state index is -0.712. The number of carboxylic acids is 1. The van der Waals surface area contributed by atoms with Gasteiger partial charge in [-0.05, 0) is 55.3 Å². The van der Waals surface area contributed by atoms with Crippen molar-refractivity contribution in [3.8, 4) is 0 Å². The fourth-order valence-corrected chi connectivity index (χ4v) is 3.96. The number of carbonyl (C=O) groups is 1. The Hall–Kier alpha value is -3.42. The third kappa shape index (κ3) is 3.65. The first-order chi connectivity index (χ1) is 13.9. The van der Waals surface area contributed by atoms with Crippen molar-refractivity contribution >= 4 is 34.1 Å². The number of anilines is 3. The van der Waals surface area contributed by atoms with Crippen LogP contribution in [0.3, 0.4) is 0 Å². The standard InChI is InChI=1S/C21H26N6O2/c1-25-18-10-5-15(22)12-19(18)26(2)21(25)24-23-16-6-8-17(9-7-16)27-11-3-4-14(13-27)20(28)29/h5-10,12,14,23H,3-4,11,13,22H2,1-2H3,(H,28,29). The molecular formula is C21H26N6O2. The van der Waals surface area contributed by atoms with Gasteiger partial charge in [-0.2, -0.15) is 0 Å². The fourth-order valence-electron chi connectivity index (χ4n) is 3.96. The van der Waals surface area contributed by atoms with Gasteiger partial charge < -0.3 is 24.9 Å². The molecule has 0 spiro atoms. The van der Waals surface area contributed by atoms with Crippen molar-refractivity contribution in [1.29, 1.82) is 0 Å². The van der Waals surface area contributed by atoms with Crippen LogP contribution < -0.4 is 21.7 Å². The maximum Gasteiger partial charge on any atom is 0.308 e. The van der Waals surface area contributed by atoms with Gasteiger partial charge in [0, 0.05) is 38.6 Å². The number of aryl methyl sites for hydroxylation is 2. The SMILES string of the molecule is Cn1c(=NNc2ccc(N3CCCC(C(=O)O)C3)cc2)n(C)c2cc(N)ccc21. The number of rotatable bonds is 4. The Morgan fingerprint density at radius 2 is 1.86 bits per heavy atom. The number of nitrogens with two attached hydrogens (primary N) is 1. The molecule has 0 bridgehead atoms. The Labute approximate surface area is 168 Å². The molecule has 4 rings (SSSR count). The van der Waals surface area contributed by atoms with E-state index in [4.69, 9.17) is 5.73 Å². The van der Waals surface area contributed by atoms with E-state index in [1.807, 2.05) is 65.7 Å². The number of imidazole rings is 1. The molecule has 152 valence electrons. The monoisotopic (exact) mass is 394 g/mol.